The Hall–Kier alpha value is -0.780. The Bertz CT molecular complexity index is 421. The van der Waals surface area contributed by atoms with Crippen molar-refractivity contribution >= 4 is 15.9 Å². The van der Waals surface area contributed by atoms with Gasteiger partial charge in [0, 0.05) is 6.54 Å². The lowest BCUT2D eigenvalue weighted by Gasteiger charge is -2.16. The first-order valence-electron chi connectivity index (χ1n) is 6.04. The van der Waals surface area contributed by atoms with E-state index in [2.05, 4.69) is 15.9 Å². The molecule has 5 heteroatoms. The van der Waals surface area contributed by atoms with E-state index in [4.69, 9.17) is 15.2 Å². The van der Waals surface area contributed by atoms with Crippen molar-refractivity contribution in [1.29, 1.82) is 0 Å². The number of aliphatic hydroxyl groups excluding tert-OH is 1. The predicted octanol–water partition coefficient (Wildman–Crippen LogP) is 2.24. The highest BCUT2D eigenvalue weighted by Crippen LogP contribution is 2.39. The van der Waals surface area contributed by atoms with Crippen LogP contribution in [0, 0.1) is 5.92 Å². The van der Waals surface area contributed by atoms with Gasteiger partial charge in [0.2, 0.25) is 0 Å². The number of aliphatic hydroxyl groups is 1. The minimum absolute atomic E-state index is 0.178. The van der Waals surface area contributed by atoms with E-state index in [1.165, 1.54) is 12.8 Å². The van der Waals surface area contributed by atoms with Crippen molar-refractivity contribution in [3.8, 4) is 11.5 Å². The summed E-state index contributed by atoms with van der Waals surface area (Å²) in [6, 6.07) is 3.59. The van der Waals surface area contributed by atoms with Gasteiger partial charge in [-0.3, -0.25) is 0 Å². The molecule has 0 aliphatic heterocycles. The zero-order chi connectivity index (χ0) is 13.1. The van der Waals surface area contributed by atoms with E-state index in [1.807, 2.05) is 6.07 Å². The molecule has 3 N–H and O–H groups in total. The largest absolute Gasteiger partial charge is 0.493 e. The number of hydrogen-bond acceptors (Lipinski definition) is 4. The lowest BCUT2D eigenvalue weighted by atomic mass is 10.1. The van der Waals surface area contributed by atoms with Gasteiger partial charge in [0.25, 0.3) is 0 Å². The molecule has 0 radical (unpaired) electrons. The van der Waals surface area contributed by atoms with Crippen LogP contribution in [0.25, 0.3) is 0 Å². The predicted molar refractivity (Wildman–Crippen MR) is 72.9 cm³/mol. The summed E-state index contributed by atoms with van der Waals surface area (Å²) in [5.74, 6) is 1.99. The van der Waals surface area contributed by atoms with Crippen LogP contribution >= 0.6 is 15.9 Å². The van der Waals surface area contributed by atoms with Gasteiger partial charge in [-0.25, -0.2) is 0 Å². The monoisotopic (exact) mass is 315 g/mol. The Morgan fingerprint density at radius 1 is 1.50 bits per heavy atom. The lowest BCUT2D eigenvalue weighted by Crippen LogP contribution is -2.12. The molecule has 4 nitrogen and oxygen atoms in total. The van der Waals surface area contributed by atoms with Crippen LogP contribution in [0.15, 0.2) is 16.6 Å². The van der Waals surface area contributed by atoms with E-state index in [0.29, 0.717) is 24.0 Å². The minimum atomic E-state index is -0.687. The molecular formula is C13H18BrNO3. The SMILES string of the molecule is COc1cc(C(O)CN)cc(Br)c1OCC1CC1. The maximum absolute atomic E-state index is 9.75. The maximum Gasteiger partial charge on any atom is 0.175 e. The highest BCUT2D eigenvalue weighted by Gasteiger charge is 2.23. The van der Waals surface area contributed by atoms with Gasteiger partial charge in [-0.15, -0.1) is 0 Å². The molecule has 1 aromatic carbocycles. The number of nitrogens with two attached hydrogens (primary N) is 1. The molecule has 0 amide bonds. The van der Waals surface area contributed by atoms with Crippen LogP contribution in [0.2, 0.25) is 0 Å². The quantitative estimate of drug-likeness (QED) is 0.845. The standard InChI is InChI=1S/C13H18BrNO3/c1-17-12-5-9(11(16)6-15)4-10(14)13(12)18-7-8-2-3-8/h4-5,8,11,16H,2-3,6-7,15H2,1H3. The van der Waals surface area contributed by atoms with Crippen LogP contribution in [0.3, 0.4) is 0 Å². The zero-order valence-corrected chi connectivity index (χ0v) is 11.9. The van der Waals surface area contributed by atoms with Gasteiger partial charge in [0.15, 0.2) is 11.5 Å². The molecule has 1 aromatic rings. The average Bonchev–Trinajstić information content (AvgIpc) is 3.19. The number of benzene rings is 1. The van der Waals surface area contributed by atoms with Crippen molar-refractivity contribution in [1.82, 2.24) is 0 Å². The van der Waals surface area contributed by atoms with Crippen LogP contribution in [0.5, 0.6) is 11.5 Å². The molecule has 18 heavy (non-hydrogen) atoms. The second kappa shape index (κ2) is 5.91. The van der Waals surface area contributed by atoms with Crippen LogP contribution in [-0.4, -0.2) is 25.4 Å². The third kappa shape index (κ3) is 3.16. The molecule has 0 saturated heterocycles. The molecular weight excluding hydrogens is 298 g/mol. The number of methoxy groups -OCH3 is 1. The molecule has 1 fully saturated rings. The molecule has 1 aliphatic rings. The van der Waals surface area contributed by atoms with Crippen molar-refractivity contribution in [2.75, 3.05) is 20.3 Å². The van der Waals surface area contributed by atoms with Gasteiger partial charge >= 0.3 is 0 Å². The Morgan fingerprint density at radius 2 is 2.22 bits per heavy atom. The van der Waals surface area contributed by atoms with Gasteiger partial charge in [0.1, 0.15) is 0 Å². The normalized spacial score (nSPS) is 16.4. The number of rotatable bonds is 6. The summed E-state index contributed by atoms with van der Waals surface area (Å²) in [5, 5.41) is 9.75. The van der Waals surface area contributed by atoms with E-state index < -0.39 is 6.10 Å². The fourth-order valence-corrected chi connectivity index (χ4v) is 2.27. The maximum atomic E-state index is 9.75. The Balaban J connectivity index is 2.21. The van der Waals surface area contributed by atoms with E-state index in [9.17, 15) is 5.11 Å². The van der Waals surface area contributed by atoms with Crippen LogP contribution < -0.4 is 15.2 Å². The third-order valence-electron chi connectivity index (χ3n) is 3.02. The fourth-order valence-electron chi connectivity index (χ4n) is 1.69. The van der Waals surface area contributed by atoms with Gasteiger partial charge in [-0.05, 0) is 52.4 Å². The topological polar surface area (TPSA) is 64.7 Å². The first kappa shape index (κ1) is 13.6. The molecule has 0 bridgehead atoms. The molecule has 100 valence electrons. The zero-order valence-electron chi connectivity index (χ0n) is 10.4. The summed E-state index contributed by atoms with van der Waals surface area (Å²) < 4.78 is 11.9. The van der Waals surface area contributed by atoms with E-state index in [-0.39, 0.29) is 6.54 Å². The highest BCUT2D eigenvalue weighted by atomic mass is 79.9. The van der Waals surface area contributed by atoms with Crippen LogP contribution in [0.1, 0.15) is 24.5 Å². The minimum Gasteiger partial charge on any atom is -0.493 e. The smallest absolute Gasteiger partial charge is 0.175 e. The van der Waals surface area contributed by atoms with Crippen molar-refractivity contribution in [2.24, 2.45) is 11.7 Å². The molecule has 1 unspecified atom stereocenters. The van der Waals surface area contributed by atoms with Crippen molar-refractivity contribution < 1.29 is 14.6 Å². The number of hydrogen-bond donors (Lipinski definition) is 2. The first-order valence-corrected chi connectivity index (χ1v) is 6.83. The second-order valence-electron chi connectivity index (χ2n) is 4.54. The van der Waals surface area contributed by atoms with E-state index >= 15 is 0 Å². The summed E-state index contributed by atoms with van der Waals surface area (Å²) in [7, 11) is 1.59. The second-order valence-corrected chi connectivity index (χ2v) is 5.39. The van der Waals surface area contributed by atoms with Crippen LogP contribution in [0.4, 0.5) is 0 Å². The Labute approximate surface area is 115 Å². The lowest BCUT2D eigenvalue weighted by molar-refractivity contribution is 0.186. The van der Waals surface area contributed by atoms with Gasteiger partial charge in [-0.1, -0.05) is 0 Å². The highest BCUT2D eigenvalue weighted by molar-refractivity contribution is 9.10. The summed E-state index contributed by atoms with van der Waals surface area (Å²) in [4.78, 5) is 0. The summed E-state index contributed by atoms with van der Waals surface area (Å²) in [6.45, 7) is 0.894. The molecule has 0 aromatic heterocycles. The molecule has 2 rings (SSSR count). The third-order valence-corrected chi connectivity index (χ3v) is 3.61. The van der Waals surface area contributed by atoms with E-state index in [1.54, 1.807) is 13.2 Å². The molecule has 1 saturated carbocycles. The molecule has 0 spiro atoms. The van der Waals surface area contributed by atoms with E-state index in [0.717, 1.165) is 10.0 Å². The first-order chi connectivity index (χ1) is 8.65. The van der Waals surface area contributed by atoms with Crippen molar-refractivity contribution in [3.05, 3.63) is 22.2 Å². The summed E-state index contributed by atoms with van der Waals surface area (Å²) >= 11 is 3.45. The molecule has 1 atom stereocenters. The Morgan fingerprint density at radius 3 is 2.78 bits per heavy atom. The van der Waals surface area contributed by atoms with Crippen LogP contribution in [-0.2, 0) is 0 Å². The van der Waals surface area contributed by atoms with Gasteiger partial charge in [0.05, 0.1) is 24.3 Å². The Kier molecular flexibility index (Phi) is 4.48. The van der Waals surface area contributed by atoms with Crippen molar-refractivity contribution in [2.45, 2.75) is 18.9 Å². The number of halogens is 1. The fraction of sp³-hybridized carbons (Fsp3) is 0.538. The van der Waals surface area contributed by atoms with Gasteiger partial charge < -0.3 is 20.3 Å². The molecule has 0 heterocycles. The summed E-state index contributed by atoms with van der Waals surface area (Å²) in [6.07, 6.45) is 1.79. The van der Waals surface area contributed by atoms with Crippen molar-refractivity contribution in [3.63, 3.8) is 0 Å². The molecule has 1 aliphatic carbocycles. The number of ether oxygens (including phenoxy) is 2. The summed E-state index contributed by atoms with van der Waals surface area (Å²) in [5.41, 5.74) is 6.18. The van der Waals surface area contributed by atoms with Gasteiger partial charge in [-0.2, -0.15) is 0 Å². The average molecular weight is 316 g/mol.